The Morgan fingerprint density at radius 2 is 1.94 bits per heavy atom. The monoisotopic (exact) mass is 433 g/mol. The van der Waals surface area contributed by atoms with Crippen LogP contribution in [0.4, 0.5) is 13.2 Å². The van der Waals surface area contributed by atoms with Gasteiger partial charge in [0.2, 0.25) is 5.43 Å². The SMILES string of the molecule is Cc1cc(=O)c(C(=O)N(Cc2cnn(C)c2)C(C)C)nn1-c1cccc(C(F)(F)F)c1. The van der Waals surface area contributed by atoms with Gasteiger partial charge in [0.1, 0.15) is 0 Å². The summed E-state index contributed by atoms with van der Waals surface area (Å²) in [6.07, 6.45) is -1.15. The molecule has 1 aromatic carbocycles. The molecule has 0 unspecified atom stereocenters. The first-order valence-electron chi connectivity index (χ1n) is 9.54. The molecular weight excluding hydrogens is 411 g/mol. The summed E-state index contributed by atoms with van der Waals surface area (Å²) in [7, 11) is 1.75. The van der Waals surface area contributed by atoms with Crippen LogP contribution in [0, 0.1) is 6.92 Å². The minimum atomic E-state index is -4.53. The van der Waals surface area contributed by atoms with Crippen LogP contribution in [0.25, 0.3) is 5.69 Å². The number of carbonyl (C=O) groups excluding carboxylic acids is 1. The maximum Gasteiger partial charge on any atom is 0.416 e. The first-order chi connectivity index (χ1) is 14.5. The van der Waals surface area contributed by atoms with Crippen molar-refractivity contribution < 1.29 is 18.0 Å². The molecule has 0 atom stereocenters. The van der Waals surface area contributed by atoms with E-state index in [1.807, 2.05) is 0 Å². The molecule has 0 bridgehead atoms. The zero-order valence-electron chi connectivity index (χ0n) is 17.5. The van der Waals surface area contributed by atoms with Gasteiger partial charge in [0.25, 0.3) is 5.91 Å². The third kappa shape index (κ3) is 4.84. The molecule has 31 heavy (non-hydrogen) atoms. The van der Waals surface area contributed by atoms with E-state index < -0.39 is 23.1 Å². The van der Waals surface area contributed by atoms with E-state index in [2.05, 4.69) is 10.2 Å². The highest BCUT2D eigenvalue weighted by Gasteiger charge is 2.31. The highest BCUT2D eigenvalue weighted by molar-refractivity contribution is 5.92. The van der Waals surface area contributed by atoms with Crippen molar-refractivity contribution in [2.24, 2.45) is 7.05 Å². The minimum absolute atomic E-state index is 0.102. The molecule has 2 heterocycles. The van der Waals surface area contributed by atoms with Crippen molar-refractivity contribution in [3.8, 4) is 5.69 Å². The molecule has 0 aliphatic rings. The predicted molar refractivity (Wildman–Crippen MR) is 108 cm³/mol. The van der Waals surface area contributed by atoms with Crippen LogP contribution in [0.15, 0.2) is 47.5 Å². The van der Waals surface area contributed by atoms with Gasteiger partial charge in [-0.25, -0.2) is 4.68 Å². The summed E-state index contributed by atoms with van der Waals surface area (Å²) < 4.78 is 42.1. The zero-order valence-corrected chi connectivity index (χ0v) is 17.5. The Kier molecular flexibility index (Phi) is 6.01. The van der Waals surface area contributed by atoms with Gasteiger partial charge in [0, 0.05) is 43.2 Å². The molecule has 0 saturated heterocycles. The van der Waals surface area contributed by atoms with Gasteiger partial charge in [-0.3, -0.25) is 14.3 Å². The van der Waals surface area contributed by atoms with Gasteiger partial charge in [0.05, 0.1) is 17.4 Å². The summed E-state index contributed by atoms with van der Waals surface area (Å²) in [4.78, 5) is 27.2. The molecule has 0 radical (unpaired) electrons. The lowest BCUT2D eigenvalue weighted by molar-refractivity contribution is -0.137. The molecule has 2 aromatic heterocycles. The lowest BCUT2D eigenvalue weighted by atomic mass is 10.2. The summed E-state index contributed by atoms with van der Waals surface area (Å²) in [5.74, 6) is -0.607. The van der Waals surface area contributed by atoms with Crippen LogP contribution in [0.2, 0.25) is 0 Å². The fraction of sp³-hybridized carbons (Fsp3) is 0.333. The summed E-state index contributed by atoms with van der Waals surface area (Å²) in [6, 6.07) is 5.50. The number of aromatic nitrogens is 4. The Hall–Kier alpha value is -3.43. The molecular formula is C21H22F3N5O2. The van der Waals surface area contributed by atoms with E-state index in [4.69, 9.17) is 0 Å². The second-order valence-electron chi connectivity index (χ2n) is 7.51. The van der Waals surface area contributed by atoms with Crippen molar-refractivity contribution in [2.45, 2.75) is 39.5 Å². The zero-order chi connectivity index (χ0) is 22.9. The van der Waals surface area contributed by atoms with Crippen LogP contribution in [-0.2, 0) is 19.8 Å². The average Bonchev–Trinajstić information content (AvgIpc) is 3.10. The molecule has 0 saturated carbocycles. The van der Waals surface area contributed by atoms with Crippen molar-refractivity contribution in [3.05, 3.63) is 75.5 Å². The summed E-state index contributed by atoms with van der Waals surface area (Å²) in [6.45, 7) is 5.35. The third-order valence-corrected chi connectivity index (χ3v) is 4.72. The fourth-order valence-electron chi connectivity index (χ4n) is 3.15. The highest BCUT2D eigenvalue weighted by Crippen LogP contribution is 2.30. The van der Waals surface area contributed by atoms with Crippen molar-refractivity contribution in [1.29, 1.82) is 0 Å². The molecule has 3 aromatic rings. The van der Waals surface area contributed by atoms with Gasteiger partial charge in [0.15, 0.2) is 5.69 Å². The number of hydrogen-bond donors (Lipinski definition) is 0. The topological polar surface area (TPSA) is 73.0 Å². The smallest absolute Gasteiger partial charge is 0.330 e. The number of nitrogens with zero attached hydrogens (tertiary/aromatic N) is 5. The summed E-state index contributed by atoms with van der Waals surface area (Å²) >= 11 is 0. The first kappa shape index (κ1) is 22.3. The number of amides is 1. The number of rotatable bonds is 5. The number of aryl methyl sites for hydroxylation is 2. The molecule has 10 heteroatoms. The minimum Gasteiger partial charge on any atom is -0.330 e. The quantitative estimate of drug-likeness (QED) is 0.619. The van der Waals surface area contributed by atoms with Crippen LogP contribution in [0.1, 0.15) is 41.2 Å². The molecule has 0 spiro atoms. The van der Waals surface area contributed by atoms with Crippen molar-refractivity contribution in [2.75, 3.05) is 0 Å². The van der Waals surface area contributed by atoms with Gasteiger partial charge in [-0.2, -0.15) is 23.4 Å². The van der Waals surface area contributed by atoms with E-state index in [1.165, 1.54) is 27.8 Å². The maximum absolute atomic E-state index is 13.2. The summed E-state index contributed by atoms with van der Waals surface area (Å²) in [5.41, 5.74) is -0.620. The Morgan fingerprint density at radius 1 is 1.23 bits per heavy atom. The molecule has 0 aliphatic carbocycles. The number of alkyl halides is 3. The van der Waals surface area contributed by atoms with E-state index in [9.17, 15) is 22.8 Å². The Morgan fingerprint density at radius 3 is 2.52 bits per heavy atom. The molecule has 0 aliphatic heterocycles. The van der Waals surface area contributed by atoms with E-state index in [0.717, 1.165) is 17.7 Å². The fourth-order valence-corrected chi connectivity index (χ4v) is 3.15. The van der Waals surface area contributed by atoms with Crippen LogP contribution in [-0.4, -0.2) is 36.4 Å². The normalized spacial score (nSPS) is 11.7. The molecule has 0 N–H and O–H groups in total. The van der Waals surface area contributed by atoms with Crippen LogP contribution >= 0.6 is 0 Å². The molecule has 3 rings (SSSR count). The molecule has 7 nitrogen and oxygen atoms in total. The Balaban J connectivity index is 2.04. The Labute approximate surface area is 176 Å². The van der Waals surface area contributed by atoms with Gasteiger partial charge < -0.3 is 4.90 Å². The average molecular weight is 433 g/mol. The van der Waals surface area contributed by atoms with Gasteiger partial charge in [-0.15, -0.1) is 0 Å². The van der Waals surface area contributed by atoms with Gasteiger partial charge >= 0.3 is 6.18 Å². The van der Waals surface area contributed by atoms with Crippen molar-refractivity contribution in [3.63, 3.8) is 0 Å². The maximum atomic E-state index is 13.2. The number of benzene rings is 1. The summed E-state index contributed by atoms with van der Waals surface area (Å²) in [5, 5.41) is 8.22. The number of carbonyl (C=O) groups is 1. The molecule has 1 amide bonds. The van der Waals surface area contributed by atoms with Crippen molar-refractivity contribution >= 4 is 5.91 Å². The lowest BCUT2D eigenvalue weighted by Crippen LogP contribution is -2.40. The molecule has 164 valence electrons. The second kappa shape index (κ2) is 8.37. The molecule has 0 fully saturated rings. The second-order valence-corrected chi connectivity index (χ2v) is 7.51. The third-order valence-electron chi connectivity index (χ3n) is 4.72. The largest absolute Gasteiger partial charge is 0.416 e. The van der Waals surface area contributed by atoms with Crippen molar-refractivity contribution in [1.82, 2.24) is 24.5 Å². The standard InChI is InChI=1S/C21H22F3N5O2/c1-13(2)28(12-15-10-25-27(4)11-15)20(31)19-18(30)8-14(3)29(26-19)17-7-5-6-16(9-17)21(22,23)24/h5-11,13H,12H2,1-4H3. The first-order valence-corrected chi connectivity index (χ1v) is 9.54. The lowest BCUT2D eigenvalue weighted by Gasteiger charge is -2.26. The van der Waals surface area contributed by atoms with Crippen LogP contribution < -0.4 is 5.43 Å². The van der Waals surface area contributed by atoms with E-state index >= 15 is 0 Å². The number of halogens is 3. The van der Waals surface area contributed by atoms with E-state index in [1.54, 1.807) is 44.9 Å². The predicted octanol–water partition coefficient (Wildman–Crippen LogP) is 3.34. The van der Waals surface area contributed by atoms with Gasteiger partial charge in [-0.05, 0) is 39.0 Å². The van der Waals surface area contributed by atoms with E-state index in [-0.39, 0.29) is 24.0 Å². The van der Waals surface area contributed by atoms with Gasteiger partial charge in [-0.1, -0.05) is 6.07 Å². The van der Waals surface area contributed by atoms with Crippen LogP contribution in [0.3, 0.4) is 0 Å². The van der Waals surface area contributed by atoms with E-state index in [0.29, 0.717) is 5.69 Å². The number of hydrogen-bond acceptors (Lipinski definition) is 4. The Bertz CT molecular complexity index is 1160. The van der Waals surface area contributed by atoms with Crippen LogP contribution in [0.5, 0.6) is 0 Å². The highest BCUT2D eigenvalue weighted by atomic mass is 19.4.